The first-order chi connectivity index (χ1) is 17.5. The van der Waals surface area contributed by atoms with Gasteiger partial charge in [0.05, 0.1) is 37.3 Å². The number of thiazole rings is 1. The van der Waals surface area contributed by atoms with Gasteiger partial charge in [-0.15, -0.1) is 11.8 Å². The zero-order valence-corrected chi connectivity index (χ0v) is 23.4. The number of nitro benzene ring substituents is 1. The molecule has 0 bridgehead atoms. The van der Waals surface area contributed by atoms with Crippen LogP contribution in [0.3, 0.4) is 0 Å². The Hall–Kier alpha value is -3.22. The molecule has 0 fully saturated rings. The summed E-state index contributed by atoms with van der Waals surface area (Å²) >= 11 is 5.81. The number of benzene rings is 2. The maximum Gasteiger partial charge on any atom is 0.338 e. The number of hydrogen-bond donors (Lipinski definition) is 1. The van der Waals surface area contributed by atoms with Gasteiger partial charge in [-0.1, -0.05) is 23.5 Å². The molecule has 1 aliphatic rings. The van der Waals surface area contributed by atoms with Gasteiger partial charge in [-0.25, -0.2) is 9.79 Å². The Labute approximate surface area is 228 Å². The highest BCUT2D eigenvalue weighted by atomic mass is 79.9. The third kappa shape index (κ3) is 5.27. The van der Waals surface area contributed by atoms with E-state index < -0.39 is 33.9 Å². The van der Waals surface area contributed by atoms with Crippen LogP contribution in [0.15, 0.2) is 66.8 Å². The van der Waals surface area contributed by atoms with Crippen LogP contribution in [0.25, 0.3) is 6.08 Å². The Morgan fingerprint density at radius 3 is 2.59 bits per heavy atom. The lowest BCUT2D eigenvalue weighted by Crippen LogP contribution is -2.40. The van der Waals surface area contributed by atoms with Crippen LogP contribution in [0.2, 0.25) is 0 Å². The number of thioether (sulfide) groups is 1. The van der Waals surface area contributed by atoms with Gasteiger partial charge < -0.3 is 9.84 Å². The highest BCUT2D eigenvalue weighted by Crippen LogP contribution is 2.35. The van der Waals surface area contributed by atoms with Crippen LogP contribution in [0, 0.1) is 10.1 Å². The molecule has 1 atom stereocenters. The largest absolute Gasteiger partial charge is 0.501 e. The number of carbonyl (C=O) groups is 1. The van der Waals surface area contributed by atoms with Gasteiger partial charge in [0.15, 0.2) is 4.80 Å². The number of phenolic OH excluding ortho intramolecular Hbond substituents is 1. The summed E-state index contributed by atoms with van der Waals surface area (Å²) in [7, 11) is 0. The number of phenols is 1. The number of carbonyl (C=O) groups excluding carboxylic acids is 1. The number of halogens is 1. The fraction of sp³-hybridized carbons (Fsp3) is 0.240. The monoisotopic (exact) mass is 603 g/mol. The molecule has 2 heterocycles. The summed E-state index contributed by atoms with van der Waals surface area (Å²) in [5, 5.41) is 21.3. The minimum atomic E-state index is -0.763. The van der Waals surface area contributed by atoms with Crippen molar-refractivity contribution in [3.8, 4) is 5.75 Å². The Morgan fingerprint density at radius 1 is 1.32 bits per heavy atom. The lowest BCUT2D eigenvalue weighted by Gasteiger charge is -2.25. The minimum absolute atomic E-state index is 0.127. The molecule has 192 valence electrons. The number of nitrogens with zero attached hydrogens (tertiary/aromatic N) is 3. The van der Waals surface area contributed by atoms with Crippen LogP contribution in [0.1, 0.15) is 37.9 Å². The zero-order chi connectivity index (χ0) is 27.0. The topological polar surface area (TPSA) is 124 Å². The van der Waals surface area contributed by atoms with Crippen molar-refractivity contribution in [2.24, 2.45) is 4.99 Å². The quantitative estimate of drug-likeness (QED) is 0.193. The maximum atomic E-state index is 13.7. The van der Waals surface area contributed by atoms with Gasteiger partial charge in [-0.2, -0.15) is 0 Å². The number of aromatic nitrogens is 1. The summed E-state index contributed by atoms with van der Waals surface area (Å²) in [4.78, 5) is 43.5. The molecule has 12 heteroatoms. The summed E-state index contributed by atoms with van der Waals surface area (Å²) < 4.78 is 7.35. The molecule has 9 nitrogen and oxygen atoms in total. The maximum absolute atomic E-state index is 13.7. The molecule has 0 radical (unpaired) electrons. The predicted octanol–water partition coefficient (Wildman–Crippen LogP) is 4.29. The first-order valence-electron chi connectivity index (χ1n) is 11.1. The van der Waals surface area contributed by atoms with E-state index in [9.17, 15) is 24.8 Å². The molecule has 37 heavy (non-hydrogen) atoms. The number of ether oxygens (including phenoxy) is 1. The fourth-order valence-corrected chi connectivity index (χ4v) is 5.86. The molecule has 4 rings (SSSR count). The SMILES string of the molecule is CSc1ccc([C@@H]2C(C(=O)OC(C)C)=C(C)N=c3s/c(=C\c4cc(Br)c(O)c([N+](=O)[O-])c4)c(=O)n32)cc1. The number of fused-ring (bicyclic) bond motifs is 1. The van der Waals surface area contributed by atoms with E-state index in [1.54, 1.807) is 32.5 Å². The molecule has 1 aliphatic heterocycles. The van der Waals surface area contributed by atoms with Crippen molar-refractivity contribution in [3.05, 3.63) is 93.1 Å². The van der Waals surface area contributed by atoms with Crippen LogP contribution in [-0.4, -0.2) is 32.9 Å². The standard InChI is InChI=1S/C25H22BrN3O6S2/c1-12(2)35-24(32)20-13(3)27-25-28(21(20)15-5-7-16(36-4)8-6-15)23(31)19(37-25)11-14-9-17(26)22(30)18(10-14)29(33)34/h5-12,21,30H,1-4H3/b19-11-/t21-/m1/s1. The van der Waals surface area contributed by atoms with Crippen molar-refractivity contribution in [1.29, 1.82) is 0 Å². The normalized spacial score (nSPS) is 15.5. The molecule has 1 N–H and O–H groups in total. The van der Waals surface area contributed by atoms with Gasteiger partial charge in [0.2, 0.25) is 5.75 Å². The predicted molar refractivity (Wildman–Crippen MR) is 146 cm³/mol. The first-order valence-corrected chi connectivity index (χ1v) is 13.9. The van der Waals surface area contributed by atoms with Crippen molar-refractivity contribution in [2.45, 2.75) is 37.8 Å². The van der Waals surface area contributed by atoms with Crippen molar-refractivity contribution in [3.63, 3.8) is 0 Å². The number of esters is 1. The molecule has 2 aromatic carbocycles. The lowest BCUT2D eigenvalue weighted by atomic mass is 9.96. The number of aromatic hydroxyl groups is 1. The lowest BCUT2D eigenvalue weighted by molar-refractivity contribution is -0.386. The van der Waals surface area contributed by atoms with Crippen molar-refractivity contribution < 1.29 is 19.6 Å². The van der Waals surface area contributed by atoms with E-state index >= 15 is 0 Å². The second kappa shape index (κ2) is 10.6. The van der Waals surface area contributed by atoms with Crippen molar-refractivity contribution in [2.75, 3.05) is 6.26 Å². The Kier molecular flexibility index (Phi) is 7.72. The summed E-state index contributed by atoms with van der Waals surface area (Å²) in [6.07, 6.45) is 3.10. The van der Waals surface area contributed by atoms with Crippen LogP contribution >= 0.6 is 39.0 Å². The van der Waals surface area contributed by atoms with E-state index in [1.165, 1.54) is 22.8 Å². The number of rotatable bonds is 6. The van der Waals surface area contributed by atoms with E-state index in [4.69, 9.17) is 4.74 Å². The van der Waals surface area contributed by atoms with Crippen LogP contribution in [0.5, 0.6) is 5.75 Å². The molecule has 3 aromatic rings. The Bertz CT molecular complexity index is 1620. The number of nitro groups is 1. The highest BCUT2D eigenvalue weighted by molar-refractivity contribution is 9.10. The zero-order valence-electron chi connectivity index (χ0n) is 20.2. The average Bonchev–Trinajstić information content (AvgIpc) is 3.14. The molecule has 0 unspecified atom stereocenters. The third-order valence-corrected chi connectivity index (χ3v) is 7.91. The second-order valence-corrected chi connectivity index (χ2v) is 11.2. The molecule has 0 saturated heterocycles. The summed E-state index contributed by atoms with van der Waals surface area (Å²) in [5.74, 6) is -1.05. The molecule has 0 aliphatic carbocycles. The molecule has 0 amide bonds. The van der Waals surface area contributed by atoms with Gasteiger partial charge in [-0.3, -0.25) is 19.5 Å². The van der Waals surface area contributed by atoms with Crippen molar-refractivity contribution in [1.82, 2.24) is 4.57 Å². The second-order valence-electron chi connectivity index (χ2n) is 8.44. The van der Waals surface area contributed by atoms with E-state index in [0.29, 0.717) is 16.1 Å². The summed E-state index contributed by atoms with van der Waals surface area (Å²) in [5.41, 5.74) is 0.885. The molecule has 0 spiro atoms. The van der Waals surface area contributed by atoms with E-state index in [0.717, 1.165) is 21.8 Å². The molecular weight excluding hydrogens is 582 g/mol. The Balaban J connectivity index is 1.95. The minimum Gasteiger partial charge on any atom is -0.501 e. The molecule has 1 aromatic heterocycles. The summed E-state index contributed by atoms with van der Waals surface area (Å²) in [6, 6.07) is 9.49. The van der Waals surface area contributed by atoms with Gasteiger partial charge in [0.1, 0.15) is 0 Å². The van der Waals surface area contributed by atoms with Crippen molar-refractivity contribution >= 4 is 56.8 Å². The fourth-order valence-electron chi connectivity index (χ4n) is 3.94. The number of allylic oxidation sites excluding steroid dienone is 1. The third-order valence-electron chi connectivity index (χ3n) is 5.58. The smallest absolute Gasteiger partial charge is 0.338 e. The van der Waals surface area contributed by atoms with Crippen LogP contribution < -0.4 is 14.9 Å². The van der Waals surface area contributed by atoms with E-state index in [-0.39, 0.29) is 20.7 Å². The van der Waals surface area contributed by atoms with Crippen LogP contribution in [-0.2, 0) is 9.53 Å². The van der Waals surface area contributed by atoms with Gasteiger partial charge >= 0.3 is 11.7 Å². The van der Waals surface area contributed by atoms with Gasteiger partial charge in [0, 0.05) is 11.0 Å². The highest BCUT2D eigenvalue weighted by Gasteiger charge is 2.33. The average molecular weight is 605 g/mol. The van der Waals surface area contributed by atoms with Crippen LogP contribution in [0.4, 0.5) is 5.69 Å². The number of hydrogen-bond acceptors (Lipinski definition) is 9. The van der Waals surface area contributed by atoms with Gasteiger partial charge in [-0.05, 0) is 78.4 Å². The molecular formula is C25H22BrN3O6S2. The molecule has 0 saturated carbocycles. The first kappa shape index (κ1) is 26.8. The van der Waals surface area contributed by atoms with E-state index in [2.05, 4.69) is 20.9 Å². The Morgan fingerprint density at radius 2 is 2.00 bits per heavy atom. The summed E-state index contributed by atoms with van der Waals surface area (Å²) in [6.45, 7) is 5.21. The van der Waals surface area contributed by atoms with E-state index in [1.807, 2.05) is 30.5 Å². The van der Waals surface area contributed by atoms with Gasteiger partial charge in [0.25, 0.3) is 5.56 Å².